The Bertz CT molecular complexity index is 2260. The molecule has 0 radical (unpaired) electrons. The number of halogens is 2. The number of ether oxygens (including phenoxy) is 2. The molecule has 15 heteroatoms. The van der Waals surface area contributed by atoms with E-state index >= 15 is 0 Å². The highest BCUT2D eigenvalue weighted by Gasteiger charge is 2.54. The summed E-state index contributed by atoms with van der Waals surface area (Å²) in [7, 11) is 1.56. The van der Waals surface area contributed by atoms with Gasteiger partial charge < -0.3 is 24.9 Å². The number of oxime groups is 1. The van der Waals surface area contributed by atoms with Crippen LogP contribution in [0.2, 0.25) is 0 Å². The van der Waals surface area contributed by atoms with Crippen LogP contribution < -0.4 is 15.4 Å². The lowest BCUT2D eigenvalue weighted by atomic mass is 9.77. The van der Waals surface area contributed by atoms with Crippen LogP contribution in [-0.2, 0) is 36.1 Å². The number of benzene rings is 4. The lowest BCUT2D eigenvalue weighted by Crippen LogP contribution is -2.71. The first kappa shape index (κ1) is 41.2. The summed E-state index contributed by atoms with van der Waals surface area (Å²) < 4.78 is 24.9. The molecule has 0 aliphatic carbocycles. The number of thiazole rings is 1. The average molecular weight is 852 g/mol. The van der Waals surface area contributed by atoms with Crippen LogP contribution >= 0.6 is 34.7 Å². The molecule has 7 rings (SSSR count). The van der Waals surface area contributed by atoms with Crippen LogP contribution in [0.5, 0.6) is 5.75 Å². The van der Waals surface area contributed by atoms with Gasteiger partial charge in [-0.05, 0) is 40.0 Å². The SMILES string of the molecule is COc1ccc(COC(=O)C2=C(/C=C\CCl)CS[C@@H]3[C@H](NC(=O)/C(=N\OC(C)F)c4csc(NC(c5ccccc5)(c5ccccc5)c5ccccc5)n4)C(=O)N23)cc1. The highest BCUT2D eigenvalue weighted by Crippen LogP contribution is 2.42. The second-order valence-electron chi connectivity index (χ2n) is 13.3. The summed E-state index contributed by atoms with van der Waals surface area (Å²) in [5.41, 5.74) is 3.00. The van der Waals surface area contributed by atoms with E-state index in [0.29, 0.717) is 22.2 Å². The van der Waals surface area contributed by atoms with E-state index in [2.05, 4.69) is 15.8 Å². The van der Waals surface area contributed by atoms with Crippen LogP contribution in [0.25, 0.3) is 0 Å². The van der Waals surface area contributed by atoms with E-state index in [-0.39, 0.29) is 29.6 Å². The molecule has 1 fully saturated rings. The number of β-lactam (4-membered cyclic amide) rings is 1. The Kier molecular flexibility index (Phi) is 13.1. The number of fused-ring (bicyclic) bond motifs is 1. The third kappa shape index (κ3) is 8.89. The Morgan fingerprint density at radius 2 is 1.59 bits per heavy atom. The molecule has 0 bridgehead atoms. The van der Waals surface area contributed by atoms with E-state index in [1.54, 1.807) is 48.9 Å². The van der Waals surface area contributed by atoms with Crippen molar-refractivity contribution in [2.75, 3.05) is 24.1 Å². The Labute approximate surface area is 353 Å². The molecule has 1 saturated heterocycles. The lowest BCUT2D eigenvalue weighted by molar-refractivity contribution is -0.153. The predicted molar refractivity (Wildman–Crippen MR) is 228 cm³/mol. The maximum Gasteiger partial charge on any atom is 0.355 e. The highest BCUT2D eigenvalue weighted by atomic mass is 35.5. The first-order chi connectivity index (χ1) is 28.7. The first-order valence-corrected chi connectivity index (χ1v) is 21.0. The molecule has 0 spiro atoms. The molecule has 302 valence electrons. The average Bonchev–Trinajstić information content (AvgIpc) is 3.74. The van der Waals surface area contributed by atoms with Gasteiger partial charge in [-0.25, -0.2) is 9.78 Å². The van der Waals surface area contributed by atoms with Crippen molar-refractivity contribution in [3.63, 3.8) is 0 Å². The highest BCUT2D eigenvalue weighted by molar-refractivity contribution is 8.00. The van der Waals surface area contributed by atoms with Gasteiger partial charge in [0.2, 0.25) is 0 Å². The number of amides is 2. The van der Waals surface area contributed by atoms with Crippen molar-refractivity contribution in [1.82, 2.24) is 15.2 Å². The van der Waals surface area contributed by atoms with Crippen LogP contribution in [0.3, 0.4) is 0 Å². The number of carbonyl (C=O) groups is 3. The molecule has 1 aromatic heterocycles. The number of carbonyl (C=O) groups excluding carboxylic acids is 3. The van der Waals surface area contributed by atoms with Gasteiger partial charge in [0.05, 0.1) is 7.11 Å². The number of allylic oxidation sites excluding steroid dienone is 2. The van der Waals surface area contributed by atoms with Crippen LogP contribution in [0.15, 0.2) is 149 Å². The number of nitrogens with one attached hydrogen (secondary N) is 2. The Morgan fingerprint density at radius 3 is 2.15 bits per heavy atom. The van der Waals surface area contributed by atoms with Gasteiger partial charge in [-0.1, -0.05) is 120 Å². The summed E-state index contributed by atoms with van der Waals surface area (Å²) >= 11 is 8.50. The molecule has 5 aromatic rings. The Hall–Kier alpha value is -5.96. The smallest absolute Gasteiger partial charge is 0.355 e. The molecule has 0 saturated carbocycles. The molecule has 3 heterocycles. The van der Waals surface area contributed by atoms with Gasteiger partial charge in [0.1, 0.15) is 40.7 Å². The van der Waals surface area contributed by atoms with Crippen LogP contribution in [0.4, 0.5) is 9.52 Å². The number of esters is 1. The van der Waals surface area contributed by atoms with Crippen molar-refractivity contribution < 1.29 is 33.1 Å². The minimum absolute atomic E-state index is 0.0424. The molecule has 2 aliphatic heterocycles. The number of methoxy groups -OCH3 is 1. The fourth-order valence-corrected chi connectivity index (χ4v) is 8.96. The summed E-state index contributed by atoms with van der Waals surface area (Å²) in [6, 6.07) is 35.8. The van der Waals surface area contributed by atoms with Crippen LogP contribution in [0, 0.1) is 0 Å². The summed E-state index contributed by atoms with van der Waals surface area (Å²) in [6.45, 7) is 1.09. The molecule has 11 nitrogen and oxygen atoms in total. The second-order valence-corrected chi connectivity index (χ2v) is 15.6. The monoisotopic (exact) mass is 851 g/mol. The molecule has 1 unspecified atom stereocenters. The number of thioether (sulfide) groups is 1. The predicted octanol–water partition coefficient (Wildman–Crippen LogP) is 7.78. The van der Waals surface area contributed by atoms with Gasteiger partial charge in [-0.3, -0.25) is 14.5 Å². The van der Waals surface area contributed by atoms with Gasteiger partial charge in [-0.15, -0.1) is 34.7 Å². The van der Waals surface area contributed by atoms with Crippen molar-refractivity contribution in [2.45, 2.75) is 36.8 Å². The van der Waals surface area contributed by atoms with E-state index in [1.807, 2.05) is 91.0 Å². The number of hydrogen-bond acceptors (Lipinski definition) is 11. The molecular weight excluding hydrogens is 813 g/mol. The molecule has 3 atom stereocenters. The van der Waals surface area contributed by atoms with Crippen molar-refractivity contribution in [3.05, 3.63) is 172 Å². The maximum atomic E-state index is 14.1. The number of hydrogen-bond donors (Lipinski definition) is 2. The van der Waals surface area contributed by atoms with Gasteiger partial charge in [0, 0.05) is 23.9 Å². The molecule has 2 aliphatic rings. The van der Waals surface area contributed by atoms with Gasteiger partial charge in [0.25, 0.3) is 18.2 Å². The third-order valence-electron chi connectivity index (χ3n) is 9.58. The van der Waals surface area contributed by atoms with E-state index in [0.717, 1.165) is 29.2 Å². The summed E-state index contributed by atoms with van der Waals surface area (Å²) in [4.78, 5) is 52.5. The number of anilines is 1. The second kappa shape index (κ2) is 18.7. The Morgan fingerprint density at radius 1 is 0.983 bits per heavy atom. The standard InChI is InChI=1S/C44H39ClFN5O6S2/c1-28(46)57-50-36(35-27-59-43(47-35)49-44(31-14-6-3-7-15-31,32-16-8-4-9-17-32)33-18-10-5-11-19-33)39(52)48-37-40(53)51-38(30(13-12-24-45)26-58-41(37)51)42(54)56-25-29-20-22-34(55-2)23-21-29/h3-23,27-28,37,41H,24-26H2,1-2H3,(H,47,49)(H,48,52)/b13-12-,50-36-/t28?,37-,41-/m1/s1. The zero-order valence-corrected chi connectivity index (χ0v) is 34.3. The summed E-state index contributed by atoms with van der Waals surface area (Å²) in [6.07, 6.45) is 1.52. The number of rotatable bonds is 16. The first-order valence-electron chi connectivity index (χ1n) is 18.5. The van der Waals surface area contributed by atoms with Gasteiger partial charge in [-0.2, -0.15) is 4.39 Å². The number of aromatic nitrogens is 1. The topological polar surface area (TPSA) is 131 Å². The van der Waals surface area contributed by atoms with Gasteiger partial charge >= 0.3 is 5.97 Å². The fraction of sp³-hybridized carbons (Fsp3) is 0.205. The molecule has 2 N–H and O–H groups in total. The largest absolute Gasteiger partial charge is 0.497 e. The van der Waals surface area contributed by atoms with Gasteiger partial charge in [0.15, 0.2) is 10.8 Å². The molecule has 2 amide bonds. The quantitative estimate of drug-likeness (QED) is 0.0255. The normalized spacial score (nSPS) is 17.2. The zero-order valence-electron chi connectivity index (χ0n) is 31.9. The minimum Gasteiger partial charge on any atom is -0.497 e. The van der Waals surface area contributed by atoms with Crippen molar-refractivity contribution in [1.29, 1.82) is 0 Å². The molecular formula is C44H39ClFN5O6S2. The fourth-order valence-electron chi connectivity index (χ4n) is 6.81. The maximum absolute atomic E-state index is 14.1. The van der Waals surface area contributed by atoms with Crippen LogP contribution in [0.1, 0.15) is 34.9 Å². The minimum atomic E-state index is -1.85. The van der Waals surface area contributed by atoms with Crippen molar-refractivity contribution >= 4 is 63.3 Å². The van der Waals surface area contributed by atoms with Crippen LogP contribution in [-0.4, -0.2) is 69.9 Å². The van der Waals surface area contributed by atoms with E-state index in [4.69, 9.17) is 30.9 Å². The van der Waals surface area contributed by atoms with E-state index in [9.17, 15) is 18.8 Å². The number of alkyl halides is 2. The van der Waals surface area contributed by atoms with Crippen molar-refractivity contribution in [2.24, 2.45) is 5.16 Å². The zero-order chi connectivity index (χ0) is 41.4. The Balaban J connectivity index is 1.14. The molecule has 4 aromatic carbocycles. The van der Waals surface area contributed by atoms with E-state index < -0.39 is 41.1 Å². The molecule has 59 heavy (non-hydrogen) atoms. The van der Waals surface area contributed by atoms with Crippen molar-refractivity contribution in [3.8, 4) is 5.75 Å². The summed E-state index contributed by atoms with van der Waals surface area (Å²) in [5.74, 6) is -0.878. The summed E-state index contributed by atoms with van der Waals surface area (Å²) in [5, 5.41) is 11.7. The number of nitrogens with zero attached hydrogens (tertiary/aromatic N) is 3. The third-order valence-corrected chi connectivity index (χ3v) is 11.8. The lowest BCUT2D eigenvalue weighted by Gasteiger charge is -2.49. The van der Waals surface area contributed by atoms with E-state index in [1.165, 1.54) is 28.0 Å².